The van der Waals surface area contributed by atoms with Crippen molar-refractivity contribution in [2.24, 2.45) is 11.8 Å². The van der Waals surface area contributed by atoms with Crippen molar-refractivity contribution in [2.75, 3.05) is 26.2 Å². The summed E-state index contributed by atoms with van der Waals surface area (Å²) in [5, 5.41) is 2.89. The lowest BCUT2D eigenvalue weighted by atomic mass is 9.95. The molecule has 7 heteroatoms. The second-order valence-corrected chi connectivity index (χ2v) is 7.98. The maximum Gasteiger partial charge on any atom is 0.311 e. The number of ether oxygens (including phenoxy) is 1. The van der Waals surface area contributed by atoms with E-state index in [0.29, 0.717) is 37.9 Å². The van der Waals surface area contributed by atoms with Gasteiger partial charge in [-0.05, 0) is 56.0 Å². The van der Waals surface area contributed by atoms with Crippen molar-refractivity contribution in [2.45, 2.75) is 26.2 Å². The van der Waals surface area contributed by atoms with Gasteiger partial charge in [-0.25, -0.2) is 4.39 Å². The Kier molecular flexibility index (Phi) is 8.36. The molecule has 2 amide bonds. The van der Waals surface area contributed by atoms with E-state index < -0.39 is 11.7 Å². The number of hydrogen-bond acceptors (Lipinski definition) is 4. The first kappa shape index (κ1) is 23.4. The molecule has 2 unspecified atom stereocenters. The zero-order chi connectivity index (χ0) is 22.9. The Hall–Kier alpha value is -3.22. The minimum atomic E-state index is -0.484. The van der Waals surface area contributed by atoms with Gasteiger partial charge >= 0.3 is 5.97 Å². The van der Waals surface area contributed by atoms with Crippen molar-refractivity contribution in [1.29, 1.82) is 0 Å². The molecule has 0 saturated carbocycles. The van der Waals surface area contributed by atoms with Crippen molar-refractivity contribution >= 4 is 17.8 Å². The number of carbonyl (C=O) groups is 3. The van der Waals surface area contributed by atoms with E-state index in [4.69, 9.17) is 4.74 Å². The Morgan fingerprint density at radius 2 is 1.84 bits per heavy atom. The monoisotopic (exact) mass is 440 g/mol. The molecule has 0 spiro atoms. The SMILES string of the molecule is CCOC(=O)C(CNC(=O)C1CCCN(C(=O)c2ccc(F)cc2)C1)Cc1ccccc1. The fourth-order valence-corrected chi connectivity index (χ4v) is 3.92. The molecule has 1 heterocycles. The third kappa shape index (κ3) is 6.39. The molecule has 2 aromatic carbocycles. The number of carbonyl (C=O) groups excluding carboxylic acids is 3. The molecule has 32 heavy (non-hydrogen) atoms. The van der Waals surface area contributed by atoms with E-state index in [9.17, 15) is 18.8 Å². The molecule has 1 fully saturated rings. The average molecular weight is 441 g/mol. The summed E-state index contributed by atoms with van der Waals surface area (Å²) in [5.74, 6) is -1.97. The number of hydrogen-bond donors (Lipinski definition) is 1. The molecule has 0 aromatic heterocycles. The molecule has 1 N–H and O–H groups in total. The van der Waals surface area contributed by atoms with Crippen LogP contribution in [0.3, 0.4) is 0 Å². The fraction of sp³-hybridized carbons (Fsp3) is 0.400. The first-order valence-corrected chi connectivity index (χ1v) is 11.0. The number of nitrogens with one attached hydrogen (secondary N) is 1. The van der Waals surface area contributed by atoms with Crippen LogP contribution in [-0.4, -0.2) is 48.9 Å². The van der Waals surface area contributed by atoms with Crippen LogP contribution in [0.4, 0.5) is 4.39 Å². The van der Waals surface area contributed by atoms with E-state index in [1.54, 1.807) is 11.8 Å². The van der Waals surface area contributed by atoms with Gasteiger partial charge < -0.3 is 15.0 Å². The number of piperidine rings is 1. The lowest BCUT2D eigenvalue weighted by Crippen LogP contribution is -2.46. The highest BCUT2D eigenvalue weighted by Crippen LogP contribution is 2.20. The minimum absolute atomic E-state index is 0.176. The van der Waals surface area contributed by atoms with Crippen LogP contribution >= 0.6 is 0 Å². The molecule has 170 valence electrons. The number of esters is 1. The molecule has 1 aliphatic rings. The molecule has 1 saturated heterocycles. The smallest absolute Gasteiger partial charge is 0.311 e. The van der Waals surface area contributed by atoms with Crippen molar-refractivity contribution < 1.29 is 23.5 Å². The zero-order valence-corrected chi connectivity index (χ0v) is 18.3. The van der Waals surface area contributed by atoms with Crippen LogP contribution in [0.25, 0.3) is 0 Å². The number of rotatable bonds is 8. The van der Waals surface area contributed by atoms with Crippen molar-refractivity contribution in [1.82, 2.24) is 10.2 Å². The summed E-state index contributed by atoms with van der Waals surface area (Å²) in [7, 11) is 0. The second kappa shape index (κ2) is 11.4. The predicted octanol–water partition coefficient (Wildman–Crippen LogP) is 3.22. The van der Waals surface area contributed by atoms with Crippen molar-refractivity contribution in [3.05, 3.63) is 71.5 Å². The zero-order valence-electron chi connectivity index (χ0n) is 18.3. The molecule has 0 bridgehead atoms. The Morgan fingerprint density at radius 3 is 2.53 bits per heavy atom. The Bertz CT molecular complexity index is 917. The summed E-state index contributed by atoms with van der Waals surface area (Å²) in [6.45, 7) is 3.06. The number of halogens is 1. The maximum atomic E-state index is 13.1. The molecular formula is C25H29FN2O4. The van der Waals surface area contributed by atoms with E-state index in [0.717, 1.165) is 5.56 Å². The van der Waals surface area contributed by atoms with E-state index in [1.165, 1.54) is 24.3 Å². The minimum Gasteiger partial charge on any atom is -0.466 e. The maximum absolute atomic E-state index is 13.1. The van der Waals surface area contributed by atoms with Crippen LogP contribution in [0.15, 0.2) is 54.6 Å². The Labute approximate surface area is 187 Å². The van der Waals surface area contributed by atoms with E-state index >= 15 is 0 Å². The summed E-state index contributed by atoms with van der Waals surface area (Å²) in [6, 6.07) is 15.0. The highest BCUT2D eigenvalue weighted by Gasteiger charge is 2.30. The Balaban J connectivity index is 1.58. The van der Waals surface area contributed by atoms with Crippen LogP contribution in [-0.2, 0) is 20.7 Å². The number of likely N-dealkylation sites (tertiary alicyclic amines) is 1. The lowest BCUT2D eigenvalue weighted by Gasteiger charge is -2.32. The highest BCUT2D eigenvalue weighted by atomic mass is 19.1. The van der Waals surface area contributed by atoms with Gasteiger partial charge in [-0.2, -0.15) is 0 Å². The van der Waals surface area contributed by atoms with Crippen LogP contribution in [0.2, 0.25) is 0 Å². The molecule has 3 rings (SSSR count). The predicted molar refractivity (Wildman–Crippen MR) is 118 cm³/mol. The third-order valence-electron chi connectivity index (χ3n) is 5.64. The van der Waals surface area contributed by atoms with Gasteiger partial charge in [-0.1, -0.05) is 30.3 Å². The van der Waals surface area contributed by atoms with E-state index in [2.05, 4.69) is 5.32 Å². The summed E-state index contributed by atoms with van der Waals surface area (Å²) < 4.78 is 18.3. The van der Waals surface area contributed by atoms with E-state index in [-0.39, 0.29) is 36.9 Å². The van der Waals surface area contributed by atoms with Gasteiger partial charge in [0.15, 0.2) is 0 Å². The van der Waals surface area contributed by atoms with E-state index in [1.807, 2.05) is 30.3 Å². The summed E-state index contributed by atoms with van der Waals surface area (Å²) >= 11 is 0. The average Bonchev–Trinajstić information content (AvgIpc) is 2.82. The standard InChI is InChI=1S/C25H29FN2O4/c1-2-32-25(31)21(15-18-7-4-3-5-8-18)16-27-23(29)20-9-6-14-28(17-20)24(30)19-10-12-22(26)13-11-19/h3-5,7-8,10-13,20-21H,2,6,9,14-17H2,1H3,(H,27,29). The topological polar surface area (TPSA) is 75.7 Å². The van der Waals surface area contributed by atoms with Gasteiger partial charge in [0.2, 0.25) is 5.91 Å². The first-order valence-electron chi connectivity index (χ1n) is 11.0. The molecule has 2 aromatic rings. The summed E-state index contributed by atoms with van der Waals surface area (Å²) in [4.78, 5) is 39.6. The number of amides is 2. The molecule has 0 aliphatic carbocycles. The fourth-order valence-electron chi connectivity index (χ4n) is 3.92. The van der Waals surface area contributed by atoms with Crippen LogP contribution in [0.5, 0.6) is 0 Å². The van der Waals surface area contributed by atoms with Gasteiger partial charge in [0.05, 0.1) is 18.4 Å². The van der Waals surface area contributed by atoms with Crippen molar-refractivity contribution in [3.8, 4) is 0 Å². The van der Waals surface area contributed by atoms with Crippen molar-refractivity contribution in [3.63, 3.8) is 0 Å². The largest absolute Gasteiger partial charge is 0.466 e. The van der Waals surface area contributed by atoms with Crippen LogP contribution in [0, 0.1) is 17.7 Å². The number of benzene rings is 2. The Morgan fingerprint density at radius 1 is 1.12 bits per heavy atom. The second-order valence-electron chi connectivity index (χ2n) is 7.98. The normalized spacial score (nSPS) is 16.8. The van der Waals surface area contributed by atoms with Gasteiger partial charge in [0.25, 0.3) is 5.91 Å². The summed E-state index contributed by atoms with van der Waals surface area (Å²) in [5.41, 5.74) is 1.39. The number of nitrogens with zero attached hydrogens (tertiary/aromatic N) is 1. The molecule has 1 aliphatic heterocycles. The third-order valence-corrected chi connectivity index (χ3v) is 5.64. The first-order chi connectivity index (χ1) is 15.5. The van der Waals surface area contributed by atoms with Gasteiger partial charge in [-0.3, -0.25) is 14.4 Å². The molecule has 6 nitrogen and oxygen atoms in total. The van der Waals surface area contributed by atoms with Gasteiger partial charge in [0.1, 0.15) is 5.82 Å². The van der Waals surface area contributed by atoms with Crippen LogP contribution in [0.1, 0.15) is 35.7 Å². The molecule has 2 atom stereocenters. The quantitative estimate of drug-likeness (QED) is 0.640. The van der Waals surface area contributed by atoms with Gasteiger partial charge in [0, 0.05) is 25.2 Å². The lowest BCUT2D eigenvalue weighted by molar-refractivity contribution is -0.148. The van der Waals surface area contributed by atoms with Crippen LogP contribution < -0.4 is 5.32 Å². The molecule has 0 radical (unpaired) electrons. The van der Waals surface area contributed by atoms with Gasteiger partial charge in [-0.15, -0.1) is 0 Å². The highest BCUT2D eigenvalue weighted by molar-refractivity contribution is 5.94. The molecular weight excluding hydrogens is 411 g/mol. The summed E-state index contributed by atoms with van der Waals surface area (Å²) in [6.07, 6.45) is 1.85.